The molecule has 2 nitrogen and oxygen atoms in total. The van der Waals surface area contributed by atoms with Gasteiger partial charge in [0.25, 0.3) is 0 Å². The Kier molecular flexibility index (Phi) is 4.02. The number of pyridine rings is 1. The highest BCUT2D eigenvalue weighted by Gasteiger charge is 2.10. The molecule has 0 aliphatic carbocycles. The van der Waals surface area contributed by atoms with Crippen molar-refractivity contribution < 1.29 is 4.74 Å². The van der Waals surface area contributed by atoms with Crippen molar-refractivity contribution in [1.82, 2.24) is 4.98 Å². The van der Waals surface area contributed by atoms with Crippen LogP contribution in [0.1, 0.15) is 30.9 Å². The molecule has 0 saturated heterocycles. The molecular weight excluding hydrogens is 290 g/mol. The molecule has 94 valence electrons. The summed E-state index contributed by atoms with van der Waals surface area (Å²) in [6, 6.07) is 8.00. The number of hydrogen-bond donors (Lipinski definition) is 0. The molecule has 0 N–H and O–H groups in total. The highest BCUT2D eigenvalue weighted by atomic mass is 79.9. The topological polar surface area (TPSA) is 22.1 Å². The SMILES string of the molecule is Cc1cnccc1Oc1ccc(Br)cc1C(C)C. The molecule has 0 fully saturated rings. The van der Waals surface area contributed by atoms with Gasteiger partial charge in [-0.1, -0.05) is 29.8 Å². The van der Waals surface area contributed by atoms with Crippen LogP contribution in [0, 0.1) is 6.92 Å². The molecule has 0 spiro atoms. The quantitative estimate of drug-likeness (QED) is 0.790. The minimum absolute atomic E-state index is 0.416. The van der Waals surface area contributed by atoms with Crippen LogP contribution in [0.3, 0.4) is 0 Å². The van der Waals surface area contributed by atoms with E-state index in [-0.39, 0.29) is 0 Å². The van der Waals surface area contributed by atoms with Gasteiger partial charge < -0.3 is 4.74 Å². The predicted octanol–water partition coefficient (Wildman–Crippen LogP) is 5.07. The maximum absolute atomic E-state index is 6.00. The molecule has 0 atom stereocenters. The number of ether oxygens (including phenoxy) is 1. The number of aromatic nitrogens is 1. The van der Waals surface area contributed by atoms with Gasteiger partial charge in [-0.05, 0) is 42.7 Å². The molecular formula is C15H16BrNO. The monoisotopic (exact) mass is 305 g/mol. The molecule has 0 radical (unpaired) electrons. The van der Waals surface area contributed by atoms with Gasteiger partial charge in [0, 0.05) is 22.4 Å². The number of hydrogen-bond acceptors (Lipinski definition) is 2. The zero-order valence-corrected chi connectivity index (χ0v) is 12.4. The Hall–Kier alpha value is -1.35. The van der Waals surface area contributed by atoms with E-state index in [1.165, 1.54) is 5.56 Å². The number of nitrogens with zero attached hydrogens (tertiary/aromatic N) is 1. The van der Waals surface area contributed by atoms with Crippen LogP contribution in [0.2, 0.25) is 0 Å². The molecule has 0 aliphatic rings. The molecule has 1 aromatic carbocycles. The van der Waals surface area contributed by atoms with Crippen molar-refractivity contribution in [1.29, 1.82) is 0 Å². The molecule has 2 rings (SSSR count). The van der Waals surface area contributed by atoms with Crippen molar-refractivity contribution in [3.63, 3.8) is 0 Å². The fraction of sp³-hybridized carbons (Fsp3) is 0.267. The Morgan fingerprint density at radius 3 is 2.61 bits per heavy atom. The highest BCUT2D eigenvalue weighted by molar-refractivity contribution is 9.10. The summed E-state index contributed by atoms with van der Waals surface area (Å²) >= 11 is 3.50. The second-order valence-corrected chi connectivity index (χ2v) is 5.50. The van der Waals surface area contributed by atoms with Crippen molar-refractivity contribution in [3.05, 3.63) is 52.3 Å². The first kappa shape index (κ1) is 13.1. The fourth-order valence-electron chi connectivity index (χ4n) is 1.76. The van der Waals surface area contributed by atoms with Crippen LogP contribution in [0.25, 0.3) is 0 Å². The minimum atomic E-state index is 0.416. The van der Waals surface area contributed by atoms with Gasteiger partial charge in [0.1, 0.15) is 11.5 Å². The van der Waals surface area contributed by atoms with Crippen molar-refractivity contribution in [3.8, 4) is 11.5 Å². The maximum atomic E-state index is 6.00. The molecule has 18 heavy (non-hydrogen) atoms. The van der Waals surface area contributed by atoms with E-state index in [0.29, 0.717) is 5.92 Å². The molecule has 3 heteroatoms. The normalized spacial score (nSPS) is 10.7. The molecule has 2 aromatic rings. The Bertz CT molecular complexity index is 552. The Morgan fingerprint density at radius 1 is 1.17 bits per heavy atom. The fourth-order valence-corrected chi connectivity index (χ4v) is 2.14. The van der Waals surface area contributed by atoms with Gasteiger partial charge in [-0.2, -0.15) is 0 Å². The molecule has 0 unspecified atom stereocenters. The lowest BCUT2D eigenvalue weighted by molar-refractivity contribution is 0.468. The van der Waals surface area contributed by atoms with E-state index in [0.717, 1.165) is 21.5 Å². The molecule has 1 aromatic heterocycles. The van der Waals surface area contributed by atoms with Gasteiger partial charge in [0.15, 0.2) is 0 Å². The summed E-state index contributed by atoms with van der Waals surface area (Å²) in [5.41, 5.74) is 2.23. The van der Waals surface area contributed by atoms with E-state index in [4.69, 9.17) is 4.74 Å². The predicted molar refractivity (Wildman–Crippen MR) is 77.3 cm³/mol. The van der Waals surface area contributed by atoms with E-state index < -0.39 is 0 Å². The Labute approximate surface area is 116 Å². The lowest BCUT2D eigenvalue weighted by Crippen LogP contribution is -1.95. The number of halogens is 1. The summed E-state index contributed by atoms with van der Waals surface area (Å²) in [6.07, 6.45) is 3.56. The third kappa shape index (κ3) is 2.91. The Morgan fingerprint density at radius 2 is 1.94 bits per heavy atom. The van der Waals surface area contributed by atoms with Crippen molar-refractivity contribution in [2.45, 2.75) is 26.7 Å². The zero-order valence-electron chi connectivity index (χ0n) is 10.8. The summed E-state index contributed by atoms with van der Waals surface area (Å²) in [6.45, 7) is 6.32. The van der Waals surface area contributed by atoms with Crippen molar-refractivity contribution in [2.75, 3.05) is 0 Å². The molecule has 1 heterocycles. The van der Waals surface area contributed by atoms with E-state index in [1.807, 2.05) is 31.3 Å². The van der Waals surface area contributed by atoms with Gasteiger partial charge in [-0.25, -0.2) is 0 Å². The van der Waals surface area contributed by atoms with E-state index in [2.05, 4.69) is 40.8 Å². The van der Waals surface area contributed by atoms with E-state index in [9.17, 15) is 0 Å². The first-order valence-corrected chi connectivity index (χ1v) is 6.75. The van der Waals surface area contributed by atoms with Crippen molar-refractivity contribution in [2.24, 2.45) is 0 Å². The van der Waals surface area contributed by atoms with Crippen LogP contribution in [-0.2, 0) is 0 Å². The van der Waals surface area contributed by atoms with Crippen LogP contribution in [0.5, 0.6) is 11.5 Å². The average Bonchev–Trinajstić information content (AvgIpc) is 2.34. The second-order valence-electron chi connectivity index (χ2n) is 4.58. The van der Waals surface area contributed by atoms with Gasteiger partial charge in [-0.3, -0.25) is 4.98 Å². The molecule has 0 aliphatic heterocycles. The third-order valence-corrected chi connectivity index (χ3v) is 3.28. The third-order valence-electron chi connectivity index (χ3n) is 2.78. The lowest BCUT2D eigenvalue weighted by atomic mass is 10.0. The van der Waals surface area contributed by atoms with Crippen molar-refractivity contribution >= 4 is 15.9 Å². The van der Waals surface area contributed by atoms with Gasteiger partial charge in [0.05, 0.1) is 0 Å². The molecule has 0 amide bonds. The van der Waals surface area contributed by atoms with Gasteiger partial charge in [-0.15, -0.1) is 0 Å². The first-order chi connectivity index (χ1) is 8.58. The number of rotatable bonds is 3. The summed E-state index contributed by atoms with van der Waals surface area (Å²) in [5, 5.41) is 0. The Balaban J connectivity index is 2.37. The zero-order chi connectivity index (χ0) is 13.1. The molecule has 0 bridgehead atoms. The van der Waals surface area contributed by atoms with Crippen LogP contribution < -0.4 is 4.74 Å². The molecule has 0 saturated carbocycles. The summed E-state index contributed by atoms with van der Waals surface area (Å²) in [5.74, 6) is 2.18. The largest absolute Gasteiger partial charge is 0.457 e. The van der Waals surface area contributed by atoms with Crippen LogP contribution >= 0.6 is 15.9 Å². The minimum Gasteiger partial charge on any atom is -0.457 e. The number of aryl methyl sites for hydroxylation is 1. The van der Waals surface area contributed by atoms with E-state index >= 15 is 0 Å². The maximum Gasteiger partial charge on any atom is 0.133 e. The first-order valence-electron chi connectivity index (χ1n) is 5.96. The van der Waals surface area contributed by atoms with Crippen LogP contribution in [-0.4, -0.2) is 4.98 Å². The summed E-state index contributed by atoms with van der Waals surface area (Å²) in [4.78, 5) is 4.07. The van der Waals surface area contributed by atoms with Gasteiger partial charge in [0.2, 0.25) is 0 Å². The number of benzene rings is 1. The lowest BCUT2D eigenvalue weighted by Gasteiger charge is -2.15. The highest BCUT2D eigenvalue weighted by Crippen LogP contribution is 2.33. The van der Waals surface area contributed by atoms with Gasteiger partial charge >= 0.3 is 0 Å². The summed E-state index contributed by atoms with van der Waals surface area (Å²) in [7, 11) is 0. The van der Waals surface area contributed by atoms with Crippen LogP contribution in [0.15, 0.2) is 41.1 Å². The van der Waals surface area contributed by atoms with E-state index in [1.54, 1.807) is 6.20 Å². The standard InChI is InChI=1S/C15H16BrNO/c1-10(2)13-8-12(16)4-5-15(13)18-14-6-7-17-9-11(14)3/h4-10H,1-3H3. The van der Waals surface area contributed by atoms with Crippen LogP contribution in [0.4, 0.5) is 0 Å². The smallest absolute Gasteiger partial charge is 0.133 e. The second kappa shape index (κ2) is 5.53. The summed E-state index contributed by atoms with van der Waals surface area (Å²) < 4.78 is 7.07. The average molecular weight is 306 g/mol.